The van der Waals surface area contributed by atoms with E-state index in [0.29, 0.717) is 73.9 Å². The Kier molecular flexibility index (Phi) is 11.2. The summed E-state index contributed by atoms with van der Waals surface area (Å²) < 4.78 is 51.0. The highest BCUT2D eigenvalue weighted by atomic mass is 19.4. The first-order valence-corrected chi connectivity index (χ1v) is 17.5. The van der Waals surface area contributed by atoms with Crippen molar-refractivity contribution in [3.63, 3.8) is 0 Å². The SMILES string of the molecule is COc1ccc(C(=O)N(c2ccccn2)C2CCN(CC(F)(F)F)CC2)c(N2CCC(COC3=CC(C(CC(=O)O)C4CC4)=CCN3)CC2)c1. The maximum absolute atomic E-state index is 14.5. The van der Waals surface area contributed by atoms with Gasteiger partial charge >= 0.3 is 12.1 Å². The first-order valence-electron chi connectivity index (χ1n) is 17.5. The zero-order valence-corrected chi connectivity index (χ0v) is 28.4. The number of aliphatic carboxylic acids is 1. The van der Waals surface area contributed by atoms with Crippen LogP contribution in [0.5, 0.6) is 5.75 Å². The maximum Gasteiger partial charge on any atom is 0.401 e. The Morgan fingerprint density at radius 1 is 1.06 bits per heavy atom. The van der Waals surface area contributed by atoms with Crippen LogP contribution < -0.4 is 19.9 Å². The molecule has 3 fully saturated rings. The van der Waals surface area contributed by atoms with Crippen LogP contribution in [-0.2, 0) is 9.53 Å². The van der Waals surface area contributed by atoms with Crippen LogP contribution in [0.3, 0.4) is 0 Å². The van der Waals surface area contributed by atoms with Crippen molar-refractivity contribution < 1.29 is 37.3 Å². The molecule has 13 heteroatoms. The summed E-state index contributed by atoms with van der Waals surface area (Å²) in [5.74, 6) is 1.49. The van der Waals surface area contributed by atoms with Crippen molar-refractivity contribution in [2.24, 2.45) is 17.8 Å². The normalized spacial score (nSPS) is 20.0. The number of piperidine rings is 2. The van der Waals surface area contributed by atoms with Gasteiger partial charge in [-0.1, -0.05) is 12.1 Å². The van der Waals surface area contributed by atoms with Gasteiger partial charge in [0.05, 0.1) is 37.9 Å². The first kappa shape index (κ1) is 35.6. The Hall–Kier alpha value is -4.26. The molecular formula is C37H46F3N5O5. The van der Waals surface area contributed by atoms with Crippen LogP contribution in [0.1, 0.15) is 55.3 Å². The number of ether oxygens (including phenoxy) is 2. The molecule has 1 atom stereocenters. The van der Waals surface area contributed by atoms with Crippen LogP contribution in [0.2, 0.25) is 0 Å². The fourth-order valence-corrected chi connectivity index (χ4v) is 7.43. The molecule has 2 aromatic rings. The number of nitrogens with one attached hydrogen (secondary N) is 1. The summed E-state index contributed by atoms with van der Waals surface area (Å²) in [5.41, 5.74) is 2.28. The Labute approximate surface area is 290 Å². The van der Waals surface area contributed by atoms with E-state index in [9.17, 15) is 27.9 Å². The van der Waals surface area contributed by atoms with Gasteiger partial charge < -0.3 is 24.8 Å². The average Bonchev–Trinajstić information content (AvgIpc) is 3.96. The molecule has 0 radical (unpaired) electrons. The second-order valence-corrected chi connectivity index (χ2v) is 13.7. The third-order valence-corrected chi connectivity index (χ3v) is 10.2. The Morgan fingerprint density at radius 3 is 2.46 bits per heavy atom. The number of carboxylic acids is 1. The number of methoxy groups -OCH3 is 1. The van der Waals surface area contributed by atoms with Crippen LogP contribution in [0.15, 0.2) is 66.2 Å². The van der Waals surface area contributed by atoms with Gasteiger partial charge in [0.15, 0.2) is 5.88 Å². The highest BCUT2D eigenvalue weighted by Gasteiger charge is 2.37. The maximum atomic E-state index is 14.5. The first-order chi connectivity index (χ1) is 24.1. The number of aromatic nitrogens is 1. The lowest BCUT2D eigenvalue weighted by Crippen LogP contribution is -2.50. The zero-order valence-electron chi connectivity index (χ0n) is 28.4. The van der Waals surface area contributed by atoms with Gasteiger partial charge in [-0.25, -0.2) is 4.98 Å². The van der Waals surface area contributed by atoms with Crippen molar-refractivity contribution in [3.05, 3.63) is 71.8 Å². The van der Waals surface area contributed by atoms with Gasteiger partial charge in [0.1, 0.15) is 11.6 Å². The van der Waals surface area contributed by atoms with Crippen LogP contribution in [-0.4, -0.2) is 92.1 Å². The molecule has 2 N–H and O–H groups in total. The predicted molar refractivity (Wildman–Crippen MR) is 183 cm³/mol. The second kappa shape index (κ2) is 15.7. The predicted octanol–water partition coefficient (Wildman–Crippen LogP) is 5.87. The summed E-state index contributed by atoms with van der Waals surface area (Å²) in [4.78, 5) is 35.7. The second-order valence-electron chi connectivity index (χ2n) is 13.7. The highest BCUT2D eigenvalue weighted by molar-refractivity contribution is 6.10. The molecule has 1 unspecified atom stereocenters. The Bertz CT molecular complexity index is 1550. The van der Waals surface area contributed by atoms with E-state index in [4.69, 9.17) is 9.47 Å². The van der Waals surface area contributed by atoms with Gasteiger partial charge in [-0.15, -0.1) is 0 Å². The topological polar surface area (TPSA) is 107 Å². The number of nitrogens with zero attached hydrogens (tertiary/aromatic N) is 4. The number of pyridine rings is 1. The number of hydrogen-bond acceptors (Lipinski definition) is 8. The highest BCUT2D eigenvalue weighted by Crippen LogP contribution is 2.43. The van der Waals surface area contributed by atoms with Gasteiger partial charge in [0.2, 0.25) is 0 Å². The van der Waals surface area contributed by atoms with Crippen molar-refractivity contribution in [2.75, 3.05) is 62.8 Å². The molecule has 50 heavy (non-hydrogen) atoms. The van der Waals surface area contributed by atoms with Gasteiger partial charge in [0, 0.05) is 57.1 Å². The molecule has 4 heterocycles. The number of likely N-dealkylation sites (tertiary alicyclic amines) is 1. The minimum absolute atomic E-state index is 0.0204. The number of amides is 1. The molecule has 0 bridgehead atoms. The van der Waals surface area contributed by atoms with Crippen molar-refractivity contribution >= 4 is 23.4 Å². The third-order valence-electron chi connectivity index (χ3n) is 10.2. The van der Waals surface area contributed by atoms with Crippen LogP contribution >= 0.6 is 0 Å². The standard InChI is InChI=1S/C37H46F3N5O5/c1-49-29-7-8-30(36(48)45(33-4-2-3-14-41-33)28-12-16-43(17-13-28)24-37(38,39)40)32(21-29)44-18-10-25(11-19-44)23-50-34-20-27(9-15-42-34)31(22-35(46)47)26-5-6-26/h2-4,7-9,14,20-21,25-26,28,31,42H,5-6,10-13,15-19,22-24H2,1H3,(H,46,47). The summed E-state index contributed by atoms with van der Waals surface area (Å²) in [6.07, 6.45) is 6.13. The molecule has 10 nitrogen and oxygen atoms in total. The number of halogens is 3. The number of benzene rings is 1. The molecular weight excluding hydrogens is 651 g/mol. The molecule has 4 aliphatic rings. The number of rotatable bonds is 13. The molecule has 270 valence electrons. The lowest BCUT2D eigenvalue weighted by molar-refractivity contribution is -0.148. The average molecular weight is 698 g/mol. The quantitative estimate of drug-likeness (QED) is 0.266. The van der Waals surface area contributed by atoms with Gasteiger partial charge in [-0.2, -0.15) is 13.2 Å². The number of carbonyl (C=O) groups excluding carboxylic acids is 1. The number of alkyl halides is 3. The largest absolute Gasteiger partial charge is 0.497 e. The molecule has 1 aromatic carbocycles. The molecule has 6 rings (SSSR count). The summed E-state index contributed by atoms with van der Waals surface area (Å²) in [7, 11) is 1.59. The summed E-state index contributed by atoms with van der Waals surface area (Å²) in [6.45, 7) is 2.04. The molecule has 1 amide bonds. The minimum Gasteiger partial charge on any atom is -0.497 e. The molecule has 1 aliphatic carbocycles. The van der Waals surface area contributed by atoms with Gasteiger partial charge in [0.25, 0.3) is 5.91 Å². The lowest BCUT2D eigenvalue weighted by atomic mass is 9.89. The van der Waals surface area contributed by atoms with Gasteiger partial charge in [-0.05, 0) is 86.1 Å². The van der Waals surface area contributed by atoms with Crippen LogP contribution in [0.25, 0.3) is 0 Å². The molecule has 1 aromatic heterocycles. The lowest BCUT2D eigenvalue weighted by Gasteiger charge is -2.39. The fourth-order valence-electron chi connectivity index (χ4n) is 7.43. The monoisotopic (exact) mass is 697 g/mol. The smallest absolute Gasteiger partial charge is 0.401 e. The van der Waals surface area contributed by atoms with Crippen molar-refractivity contribution in [1.82, 2.24) is 15.2 Å². The van der Waals surface area contributed by atoms with E-state index in [-0.39, 0.29) is 37.4 Å². The number of hydrogen-bond donors (Lipinski definition) is 2. The number of anilines is 2. The summed E-state index contributed by atoms with van der Waals surface area (Å²) >= 11 is 0. The van der Waals surface area contributed by atoms with Crippen LogP contribution in [0, 0.1) is 17.8 Å². The summed E-state index contributed by atoms with van der Waals surface area (Å²) in [5, 5.41) is 12.7. The number of carboxylic acid groups (broad SMARTS) is 1. The minimum atomic E-state index is -4.27. The van der Waals surface area contributed by atoms with E-state index in [2.05, 4.69) is 21.3 Å². The van der Waals surface area contributed by atoms with E-state index >= 15 is 0 Å². The molecule has 2 saturated heterocycles. The molecule has 3 aliphatic heterocycles. The van der Waals surface area contributed by atoms with Crippen molar-refractivity contribution in [3.8, 4) is 5.75 Å². The number of dihydropyridines is 1. The van der Waals surface area contributed by atoms with E-state index in [1.54, 1.807) is 48.5 Å². The third kappa shape index (κ3) is 9.09. The van der Waals surface area contributed by atoms with Crippen LogP contribution in [0.4, 0.5) is 24.7 Å². The Morgan fingerprint density at radius 2 is 1.82 bits per heavy atom. The van der Waals surface area contributed by atoms with E-state index in [0.717, 1.165) is 36.9 Å². The fraction of sp³-hybridized carbons (Fsp3) is 0.541. The van der Waals surface area contributed by atoms with E-state index in [1.165, 1.54) is 4.90 Å². The van der Waals surface area contributed by atoms with Gasteiger partial charge in [-0.3, -0.25) is 19.4 Å². The van der Waals surface area contributed by atoms with E-state index < -0.39 is 18.7 Å². The Balaban J connectivity index is 1.12. The summed E-state index contributed by atoms with van der Waals surface area (Å²) in [6, 6.07) is 10.4. The number of carbonyl (C=O) groups is 2. The molecule has 0 spiro atoms. The zero-order chi connectivity index (χ0) is 35.3. The molecule has 1 saturated carbocycles. The van der Waals surface area contributed by atoms with E-state index in [1.807, 2.05) is 12.1 Å². The van der Waals surface area contributed by atoms with Crippen molar-refractivity contribution in [2.45, 2.75) is 57.2 Å². The van der Waals surface area contributed by atoms with Crippen molar-refractivity contribution in [1.29, 1.82) is 0 Å². The number of allylic oxidation sites excluding steroid dienone is 2.